The fraction of sp³-hybridized carbons (Fsp3) is 0.333. The van der Waals surface area contributed by atoms with Crippen LogP contribution in [0.4, 0.5) is 16.2 Å². The lowest BCUT2D eigenvalue weighted by Gasteiger charge is -2.38. The molecule has 3 amide bonds. The highest BCUT2D eigenvalue weighted by Gasteiger charge is 2.37. The fourth-order valence-electron chi connectivity index (χ4n) is 5.93. The number of ether oxygens (including phenoxy) is 1. The van der Waals surface area contributed by atoms with Crippen molar-refractivity contribution >= 4 is 45.8 Å². The quantitative estimate of drug-likeness (QED) is 0.215. The van der Waals surface area contributed by atoms with E-state index in [4.69, 9.17) is 16.3 Å². The average molecular weight is 588 g/mol. The minimum atomic E-state index is -0.856. The van der Waals surface area contributed by atoms with Gasteiger partial charge in [-0.3, -0.25) is 4.79 Å². The Hall–Kier alpha value is -4.01. The van der Waals surface area contributed by atoms with Gasteiger partial charge in [-0.15, -0.1) is 0 Å². The van der Waals surface area contributed by atoms with E-state index in [1.807, 2.05) is 93.6 Å². The van der Waals surface area contributed by atoms with Crippen molar-refractivity contribution in [2.45, 2.75) is 32.2 Å². The molecule has 2 unspecified atom stereocenters. The monoisotopic (exact) mass is 587 g/mol. The van der Waals surface area contributed by atoms with E-state index in [1.165, 1.54) is 0 Å². The Balaban J connectivity index is 1.50. The minimum Gasteiger partial charge on any atom is -0.492 e. The molecule has 0 bridgehead atoms. The van der Waals surface area contributed by atoms with Gasteiger partial charge in [0.15, 0.2) is 0 Å². The summed E-state index contributed by atoms with van der Waals surface area (Å²) >= 11 is 6.38. The number of nitrogens with one attached hydrogen (secondary N) is 3. The zero-order valence-electron chi connectivity index (χ0n) is 24.5. The summed E-state index contributed by atoms with van der Waals surface area (Å²) in [6.07, 6.45) is 2.75. The minimum absolute atomic E-state index is 0.173. The van der Waals surface area contributed by atoms with Gasteiger partial charge in [0.25, 0.3) is 0 Å². The smallest absolute Gasteiger partial charge is 0.320 e. The highest BCUT2D eigenvalue weighted by Crippen LogP contribution is 2.35. The van der Waals surface area contributed by atoms with Gasteiger partial charge in [0.05, 0.1) is 12.3 Å². The van der Waals surface area contributed by atoms with Crippen LogP contribution < -0.4 is 20.3 Å². The first-order chi connectivity index (χ1) is 20.2. The van der Waals surface area contributed by atoms with Crippen LogP contribution in [-0.4, -0.2) is 61.7 Å². The van der Waals surface area contributed by atoms with Crippen LogP contribution in [0.5, 0.6) is 5.75 Å². The molecule has 5 rings (SSSR count). The fourth-order valence-corrected chi connectivity index (χ4v) is 6.12. The van der Waals surface area contributed by atoms with Gasteiger partial charge in [0.1, 0.15) is 11.8 Å². The number of amides is 3. The number of halogens is 1. The number of hydrogen-bond donors (Lipinski definition) is 3. The number of H-pyrrole nitrogens is 1. The van der Waals surface area contributed by atoms with E-state index in [0.29, 0.717) is 29.6 Å². The third-order valence-corrected chi connectivity index (χ3v) is 8.01. The van der Waals surface area contributed by atoms with Crippen LogP contribution in [0.3, 0.4) is 0 Å². The Morgan fingerprint density at radius 3 is 2.67 bits per heavy atom. The summed E-state index contributed by atoms with van der Waals surface area (Å²) in [5, 5.41) is 7.60. The Morgan fingerprint density at radius 1 is 1.12 bits per heavy atom. The van der Waals surface area contributed by atoms with Crippen LogP contribution in [0.15, 0.2) is 72.9 Å². The molecule has 4 aromatic rings. The maximum atomic E-state index is 14.6. The van der Waals surface area contributed by atoms with Gasteiger partial charge in [-0.1, -0.05) is 48.9 Å². The average Bonchev–Trinajstić information content (AvgIpc) is 3.40. The highest BCUT2D eigenvalue weighted by atomic mass is 35.5. The molecular weight excluding hydrogens is 550 g/mol. The molecule has 220 valence electrons. The SMILES string of the molecule is CCOc1ccccc1NC(=O)NC(C(=O)N1C[C@@H](CN(C)C)Cc2cc(Cl)ccc21)C(C)c1c[nH]c2ccccc12. The van der Waals surface area contributed by atoms with Crippen molar-refractivity contribution in [2.75, 3.05) is 44.0 Å². The van der Waals surface area contributed by atoms with Gasteiger partial charge in [-0.2, -0.15) is 0 Å². The molecule has 1 aliphatic heterocycles. The van der Waals surface area contributed by atoms with E-state index in [2.05, 4.69) is 20.5 Å². The van der Waals surface area contributed by atoms with Crippen LogP contribution in [-0.2, 0) is 11.2 Å². The third kappa shape index (κ3) is 6.40. The summed E-state index contributed by atoms with van der Waals surface area (Å²) < 4.78 is 5.70. The lowest BCUT2D eigenvalue weighted by atomic mass is 9.88. The third-order valence-electron chi connectivity index (χ3n) is 7.77. The van der Waals surface area contributed by atoms with Gasteiger partial charge in [-0.25, -0.2) is 4.79 Å². The van der Waals surface area contributed by atoms with Gasteiger partial charge in [-0.05, 0) is 80.9 Å². The van der Waals surface area contributed by atoms with Crippen LogP contribution in [0, 0.1) is 5.92 Å². The number of aromatic amines is 1. The number of anilines is 2. The predicted octanol–water partition coefficient (Wildman–Crippen LogP) is 6.28. The van der Waals surface area contributed by atoms with Crippen LogP contribution in [0.2, 0.25) is 5.02 Å². The number of aromatic nitrogens is 1. The summed E-state index contributed by atoms with van der Waals surface area (Å²) in [4.78, 5) is 35.4. The molecule has 0 aliphatic carbocycles. The normalized spacial score (nSPS) is 16.1. The molecule has 0 fully saturated rings. The first-order valence-corrected chi connectivity index (χ1v) is 14.7. The predicted molar refractivity (Wildman–Crippen MR) is 170 cm³/mol. The van der Waals surface area contributed by atoms with E-state index < -0.39 is 12.1 Å². The first-order valence-electron chi connectivity index (χ1n) is 14.3. The number of carbonyl (C=O) groups excluding carboxylic acids is 2. The number of rotatable bonds is 9. The molecule has 3 atom stereocenters. The number of urea groups is 1. The zero-order valence-corrected chi connectivity index (χ0v) is 25.2. The van der Waals surface area contributed by atoms with Crippen molar-refractivity contribution in [3.63, 3.8) is 0 Å². The molecule has 0 spiro atoms. The topological polar surface area (TPSA) is 89.7 Å². The van der Waals surface area contributed by atoms with E-state index in [-0.39, 0.29) is 17.7 Å². The number of hydrogen-bond acceptors (Lipinski definition) is 4. The molecule has 2 heterocycles. The second-order valence-corrected chi connectivity index (χ2v) is 11.6. The second kappa shape index (κ2) is 12.9. The van der Waals surface area contributed by atoms with E-state index in [1.54, 1.807) is 12.1 Å². The summed E-state index contributed by atoms with van der Waals surface area (Å²) in [6.45, 7) is 5.70. The summed E-state index contributed by atoms with van der Waals surface area (Å²) in [5.41, 5.74) is 4.33. The zero-order chi connectivity index (χ0) is 29.8. The number of fused-ring (bicyclic) bond motifs is 2. The lowest BCUT2D eigenvalue weighted by molar-refractivity contribution is -0.121. The van der Waals surface area contributed by atoms with Gasteiger partial charge in [0.2, 0.25) is 5.91 Å². The Labute approximate surface area is 252 Å². The maximum absolute atomic E-state index is 14.6. The van der Waals surface area contributed by atoms with Crippen LogP contribution >= 0.6 is 11.6 Å². The summed E-state index contributed by atoms with van der Waals surface area (Å²) in [6, 6.07) is 19.6. The van der Waals surface area contributed by atoms with Gasteiger partial charge >= 0.3 is 6.03 Å². The Kier molecular flexibility index (Phi) is 9.04. The second-order valence-electron chi connectivity index (χ2n) is 11.1. The molecular formula is C33H38ClN5O3. The maximum Gasteiger partial charge on any atom is 0.320 e. The van der Waals surface area contributed by atoms with Crippen molar-refractivity contribution < 1.29 is 14.3 Å². The van der Waals surface area contributed by atoms with Crippen molar-refractivity contribution in [1.82, 2.24) is 15.2 Å². The van der Waals surface area contributed by atoms with Crippen molar-refractivity contribution in [3.8, 4) is 5.75 Å². The molecule has 9 heteroatoms. The summed E-state index contributed by atoms with van der Waals surface area (Å²) in [5.74, 6) is 0.265. The van der Waals surface area contributed by atoms with Gasteiger partial charge in [0, 0.05) is 46.8 Å². The molecule has 1 aromatic heterocycles. The Bertz CT molecular complexity index is 1570. The lowest BCUT2D eigenvalue weighted by Crippen LogP contribution is -2.55. The van der Waals surface area contributed by atoms with Crippen LogP contribution in [0.25, 0.3) is 10.9 Å². The van der Waals surface area contributed by atoms with Crippen molar-refractivity contribution in [2.24, 2.45) is 5.92 Å². The van der Waals surface area contributed by atoms with E-state index in [0.717, 1.165) is 40.7 Å². The molecule has 8 nitrogen and oxygen atoms in total. The molecule has 3 N–H and O–H groups in total. The number of para-hydroxylation sites is 3. The molecule has 1 aliphatic rings. The number of benzene rings is 3. The van der Waals surface area contributed by atoms with Crippen LogP contribution in [0.1, 0.15) is 30.9 Å². The molecule has 0 radical (unpaired) electrons. The number of nitrogens with zero attached hydrogens (tertiary/aromatic N) is 2. The summed E-state index contributed by atoms with van der Waals surface area (Å²) in [7, 11) is 4.07. The first kappa shape index (κ1) is 29.5. The van der Waals surface area contributed by atoms with Gasteiger partial charge < -0.3 is 30.2 Å². The van der Waals surface area contributed by atoms with Crippen molar-refractivity contribution in [3.05, 3.63) is 89.1 Å². The standard InChI is InChI=1S/C33H38ClN5O3/c1-5-42-30-13-9-8-12-28(30)36-33(41)37-31(21(2)26-18-35-27-11-7-6-10-25(26)27)32(40)39-20-22(19-38(3)4)16-23-17-24(34)14-15-29(23)39/h6-15,17-18,21-22,31,35H,5,16,19-20H2,1-4H3,(H2,36,37,41)/t21?,22-,31?/m1/s1. The number of carbonyl (C=O) groups is 2. The molecule has 0 saturated carbocycles. The largest absolute Gasteiger partial charge is 0.492 e. The van der Waals surface area contributed by atoms with Crippen molar-refractivity contribution in [1.29, 1.82) is 0 Å². The van der Waals surface area contributed by atoms with E-state index >= 15 is 0 Å². The highest BCUT2D eigenvalue weighted by molar-refractivity contribution is 6.30. The Morgan fingerprint density at radius 2 is 1.88 bits per heavy atom. The molecule has 3 aromatic carbocycles. The molecule has 42 heavy (non-hydrogen) atoms. The van der Waals surface area contributed by atoms with E-state index in [9.17, 15) is 9.59 Å². The molecule has 0 saturated heterocycles.